The third-order valence-corrected chi connectivity index (χ3v) is 0.287. The second-order valence-electron chi connectivity index (χ2n) is 0.854. The zero-order chi connectivity index (χ0) is 7.70. The molecule has 0 aliphatic heterocycles. The zero-order valence-electron chi connectivity index (χ0n) is 5.01. The molecule has 0 aromatic rings. The summed E-state index contributed by atoms with van der Waals surface area (Å²) in [6.07, 6.45) is -0.711. The summed E-state index contributed by atoms with van der Waals surface area (Å²) in [5.41, 5.74) is 4.54. The SMILES string of the molecule is CCOC(N)=O.N=C=S. The molecule has 9 heavy (non-hydrogen) atoms. The Bertz CT molecular complexity index is 109. The average molecular weight is 148 g/mol. The zero-order valence-corrected chi connectivity index (χ0v) is 5.83. The normalized spacial score (nSPS) is 5.89. The van der Waals surface area contributed by atoms with E-state index in [0.717, 1.165) is 0 Å². The molecule has 3 N–H and O–H groups in total. The van der Waals surface area contributed by atoms with Gasteiger partial charge in [-0.2, -0.15) is 0 Å². The van der Waals surface area contributed by atoms with Crippen molar-refractivity contribution in [2.24, 2.45) is 5.73 Å². The largest absolute Gasteiger partial charge is 0.450 e. The summed E-state index contributed by atoms with van der Waals surface area (Å²) in [5, 5.41) is 7.36. The van der Waals surface area contributed by atoms with Gasteiger partial charge in [0.05, 0.1) is 11.8 Å². The van der Waals surface area contributed by atoms with Gasteiger partial charge in [0.1, 0.15) is 0 Å². The number of primary amides is 1. The van der Waals surface area contributed by atoms with Crippen molar-refractivity contribution in [2.75, 3.05) is 6.61 Å². The van der Waals surface area contributed by atoms with Crippen LogP contribution < -0.4 is 5.73 Å². The molecule has 0 spiro atoms. The molecule has 0 atom stereocenters. The predicted molar refractivity (Wildman–Crippen MR) is 36.5 cm³/mol. The van der Waals surface area contributed by atoms with Crippen molar-refractivity contribution in [3.8, 4) is 0 Å². The summed E-state index contributed by atoms with van der Waals surface area (Å²) in [7, 11) is 0. The number of rotatable bonds is 1. The number of amides is 1. The summed E-state index contributed by atoms with van der Waals surface area (Å²) < 4.78 is 4.18. The van der Waals surface area contributed by atoms with Crippen LogP contribution in [0.15, 0.2) is 0 Å². The molecule has 0 saturated heterocycles. The molecule has 0 aromatic heterocycles. The number of hydrogen-bond donors (Lipinski definition) is 2. The fourth-order valence-electron chi connectivity index (χ4n) is 0.142. The van der Waals surface area contributed by atoms with E-state index in [1.807, 2.05) is 0 Å². The highest BCUT2D eigenvalue weighted by Crippen LogP contribution is 1.66. The van der Waals surface area contributed by atoms with Crippen LogP contribution in [0.4, 0.5) is 4.79 Å². The molecule has 5 heteroatoms. The van der Waals surface area contributed by atoms with Crippen LogP contribution in [-0.2, 0) is 4.74 Å². The number of carbonyl (C=O) groups is 1. The first-order valence-electron chi connectivity index (χ1n) is 2.15. The fourth-order valence-corrected chi connectivity index (χ4v) is 0.142. The van der Waals surface area contributed by atoms with Crippen molar-refractivity contribution in [1.29, 1.82) is 5.41 Å². The standard InChI is InChI=1S/C3H7NO2.CHNS/c1-2-6-3(4)5;2-1-3/h2H2,1H3,(H2,4,5);2H. The molecule has 0 aliphatic rings. The Morgan fingerprint density at radius 1 is 2.00 bits per heavy atom. The Morgan fingerprint density at radius 2 is 2.33 bits per heavy atom. The third kappa shape index (κ3) is 42.4. The minimum Gasteiger partial charge on any atom is -0.450 e. The Balaban J connectivity index is 0. The highest BCUT2D eigenvalue weighted by molar-refractivity contribution is 7.78. The van der Waals surface area contributed by atoms with Gasteiger partial charge in [0.2, 0.25) is 0 Å². The lowest BCUT2D eigenvalue weighted by Gasteiger charge is -1.89. The lowest BCUT2D eigenvalue weighted by atomic mass is 10.9. The van der Waals surface area contributed by atoms with Crippen molar-refractivity contribution in [3.63, 3.8) is 0 Å². The van der Waals surface area contributed by atoms with Crippen LogP contribution in [0, 0.1) is 5.41 Å². The van der Waals surface area contributed by atoms with E-state index in [2.05, 4.69) is 22.7 Å². The van der Waals surface area contributed by atoms with Gasteiger partial charge in [-0.15, -0.1) is 0 Å². The van der Waals surface area contributed by atoms with Crippen LogP contribution in [0.3, 0.4) is 0 Å². The minimum absolute atomic E-state index is 0.356. The highest BCUT2D eigenvalue weighted by Gasteiger charge is 1.82. The third-order valence-electron chi connectivity index (χ3n) is 0.287. The van der Waals surface area contributed by atoms with E-state index in [9.17, 15) is 4.79 Å². The molecule has 0 unspecified atom stereocenters. The van der Waals surface area contributed by atoms with Gasteiger partial charge >= 0.3 is 6.09 Å². The Morgan fingerprint density at radius 3 is 2.33 bits per heavy atom. The molecule has 52 valence electrons. The van der Waals surface area contributed by atoms with Crippen molar-refractivity contribution >= 4 is 23.5 Å². The van der Waals surface area contributed by atoms with Crippen molar-refractivity contribution in [1.82, 2.24) is 0 Å². The summed E-state index contributed by atoms with van der Waals surface area (Å²) in [4.78, 5) is 9.60. The molecule has 1 amide bonds. The first-order valence-corrected chi connectivity index (χ1v) is 2.56. The maximum absolute atomic E-state index is 9.60. The van der Waals surface area contributed by atoms with Crippen molar-refractivity contribution in [2.45, 2.75) is 6.92 Å². The molecule has 0 aliphatic carbocycles. The highest BCUT2D eigenvalue weighted by atomic mass is 32.1. The summed E-state index contributed by atoms with van der Waals surface area (Å²) >= 11 is 3.81. The van der Waals surface area contributed by atoms with Crippen molar-refractivity contribution < 1.29 is 9.53 Å². The fraction of sp³-hybridized carbons (Fsp3) is 0.500. The molecule has 0 aromatic carbocycles. The number of nitrogens with two attached hydrogens (primary N) is 1. The Kier molecular flexibility index (Phi) is 12.3. The van der Waals surface area contributed by atoms with Crippen LogP contribution in [0.1, 0.15) is 6.92 Å². The van der Waals surface area contributed by atoms with E-state index < -0.39 is 6.09 Å². The van der Waals surface area contributed by atoms with E-state index in [1.54, 1.807) is 12.1 Å². The first-order chi connectivity index (χ1) is 4.18. The Labute approximate surface area is 58.5 Å². The maximum atomic E-state index is 9.60. The van der Waals surface area contributed by atoms with E-state index in [0.29, 0.717) is 6.61 Å². The number of nitrogens with one attached hydrogen (secondary N) is 1. The van der Waals surface area contributed by atoms with Gasteiger partial charge < -0.3 is 10.5 Å². The van der Waals surface area contributed by atoms with Gasteiger partial charge in [-0.1, -0.05) is 0 Å². The lowest BCUT2D eigenvalue weighted by molar-refractivity contribution is 0.163. The maximum Gasteiger partial charge on any atom is 0.404 e. The van der Waals surface area contributed by atoms with Crippen LogP contribution >= 0.6 is 12.2 Å². The molecular weight excluding hydrogens is 140 g/mol. The second-order valence-corrected chi connectivity index (χ2v) is 1.06. The van der Waals surface area contributed by atoms with Gasteiger partial charge in [0.15, 0.2) is 0 Å². The Hall–Kier alpha value is -0.930. The summed E-state index contributed by atoms with van der Waals surface area (Å²) in [6.45, 7) is 2.06. The molecule has 0 rings (SSSR count). The minimum atomic E-state index is -0.711. The van der Waals surface area contributed by atoms with E-state index in [4.69, 9.17) is 5.41 Å². The molecule has 0 saturated carbocycles. The van der Waals surface area contributed by atoms with Crippen LogP contribution in [0.2, 0.25) is 0 Å². The van der Waals surface area contributed by atoms with Gasteiger partial charge in [-0.05, 0) is 19.1 Å². The van der Waals surface area contributed by atoms with Gasteiger partial charge in [-0.3, -0.25) is 0 Å². The number of ether oxygens (including phenoxy) is 1. The quantitative estimate of drug-likeness (QED) is 0.426. The smallest absolute Gasteiger partial charge is 0.404 e. The first kappa shape index (κ1) is 10.9. The molecule has 4 nitrogen and oxygen atoms in total. The predicted octanol–water partition coefficient (Wildman–Crippen LogP) is 0.770. The van der Waals surface area contributed by atoms with Gasteiger partial charge in [0.25, 0.3) is 0 Å². The summed E-state index contributed by atoms with van der Waals surface area (Å²) in [6, 6.07) is 0. The summed E-state index contributed by atoms with van der Waals surface area (Å²) in [5.74, 6) is 0. The lowest BCUT2D eigenvalue weighted by Crippen LogP contribution is -2.11. The van der Waals surface area contributed by atoms with Crippen LogP contribution in [-0.4, -0.2) is 17.9 Å². The second kappa shape index (κ2) is 10.1. The van der Waals surface area contributed by atoms with Gasteiger partial charge in [0, 0.05) is 0 Å². The monoisotopic (exact) mass is 148 g/mol. The number of thiocarbonyl (C=S) groups is 1. The van der Waals surface area contributed by atoms with E-state index in [1.165, 1.54) is 0 Å². The van der Waals surface area contributed by atoms with Crippen LogP contribution in [0.25, 0.3) is 0 Å². The van der Waals surface area contributed by atoms with E-state index >= 15 is 0 Å². The van der Waals surface area contributed by atoms with Crippen molar-refractivity contribution in [3.05, 3.63) is 0 Å². The topological polar surface area (TPSA) is 76.2 Å². The molecule has 0 radical (unpaired) electrons. The van der Waals surface area contributed by atoms with E-state index in [-0.39, 0.29) is 0 Å². The molecule has 0 bridgehead atoms. The molecular formula is C4H8N2O2S. The molecule has 0 heterocycles. The number of isothiocyanates is 1. The molecule has 0 fully saturated rings. The van der Waals surface area contributed by atoms with Gasteiger partial charge in [-0.25, -0.2) is 10.2 Å². The van der Waals surface area contributed by atoms with Crippen LogP contribution in [0.5, 0.6) is 0 Å². The number of hydrogen-bond acceptors (Lipinski definition) is 4. The number of carbonyl (C=O) groups excluding carboxylic acids is 1. The average Bonchev–Trinajstić information content (AvgIpc) is 1.67.